The lowest BCUT2D eigenvalue weighted by atomic mass is 10.0. The number of carbonyl (C=O) groups excluding carboxylic acids is 1. The van der Waals surface area contributed by atoms with Crippen LogP contribution in [-0.4, -0.2) is 37.0 Å². The fourth-order valence-corrected chi connectivity index (χ4v) is 7.18. The number of unbranched alkanes of at least 4 members (excludes halogenated alkanes) is 28. The molecule has 57 heavy (non-hydrogen) atoms. The highest BCUT2D eigenvalue weighted by molar-refractivity contribution is 5.69. The second-order valence-corrected chi connectivity index (χ2v) is 16.5. The van der Waals surface area contributed by atoms with E-state index in [0.717, 1.165) is 51.4 Å². The molecule has 0 rings (SSSR count). The van der Waals surface area contributed by atoms with E-state index in [1.165, 1.54) is 173 Å². The predicted octanol–water partition coefficient (Wildman–Crippen LogP) is 16.8. The number of esters is 1. The van der Waals surface area contributed by atoms with Crippen LogP contribution in [0.4, 0.5) is 0 Å². The second kappa shape index (κ2) is 50.2. The van der Waals surface area contributed by atoms with E-state index < -0.39 is 6.10 Å². The summed E-state index contributed by atoms with van der Waals surface area (Å²) in [7, 11) is 0. The Kier molecular flexibility index (Phi) is 48.6. The number of carbonyl (C=O) groups is 1. The van der Waals surface area contributed by atoms with Crippen molar-refractivity contribution >= 4 is 5.97 Å². The van der Waals surface area contributed by atoms with Crippen LogP contribution in [0.3, 0.4) is 0 Å². The Morgan fingerprint density at radius 3 is 1.19 bits per heavy atom. The third-order valence-electron chi connectivity index (χ3n) is 10.9. The maximum Gasteiger partial charge on any atom is 0.306 e. The van der Waals surface area contributed by atoms with Crippen molar-refractivity contribution in [2.45, 2.75) is 251 Å². The van der Waals surface area contributed by atoms with Gasteiger partial charge in [-0.15, -0.1) is 0 Å². The van der Waals surface area contributed by atoms with Crippen molar-refractivity contribution in [2.75, 3.05) is 19.8 Å². The van der Waals surface area contributed by atoms with Gasteiger partial charge in [0, 0.05) is 13.0 Å². The van der Waals surface area contributed by atoms with Crippen molar-refractivity contribution in [3.63, 3.8) is 0 Å². The van der Waals surface area contributed by atoms with Gasteiger partial charge in [-0.25, -0.2) is 0 Å². The minimum Gasteiger partial charge on any atom is -0.457 e. The average Bonchev–Trinajstić information content (AvgIpc) is 3.22. The summed E-state index contributed by atoms with van der Waals surface area (Å²) in [5.74, 6) is -0.201. The minimum absolute atomic E-state index is 0.174. The molecule has 4 heteroatoms. The zero-order chi connectivity index (χ0) is 41.2. The third kappa shape index (κ3) is 48.4. The van der Waals surface area contributed by atoms with Crippen LogP contribution in [0, 0.1) is 0 Å². The fourth-order valence-electron chi connectivity index (χ4n) is 7.18. The molecule has 0 fully saturated rings. The lowest BCUT2D eigenvalue weighted by Gasteiger charge is -2.16. The monoisotopic (exact) mass is 797 g/mol. The number of allylic oxidation sites excluding steroid dienone is 10. The van der Waals surface area contributed by atoms with Gasteiger partial charge in [-0.05, 0) is 57.8 Å². The summed E-state index contributed by atoms with van der Waals surface area (Å²) in [5.41, 5.74) is 0. The van der Waals surface area contributed by atoms with Crippen LogP contribution < -0.4 is 0 Å². The van der Waals surface area contributed by atoms with E-state index >= 15 is 0 Å². The van der Waals surface area contributed by atoms with Gasteiger partial charge in [0.2, 0.25) is 0 Å². The van der Waals surface area contributed by atoms with Crippen molar-refractivity contribution < 1.29 is 19.4 Å². The molecule has 4 nitrogen and oxygen atoms in total. The quantitative estimate of drug-likeness (QED) is 0.0379. The van der Waals surface area contributed by atoms with Gasteiger partial charge in [0.05, 0.1) is 13.2 Å². The van der Waals surface area contributed by atoms with Crippen molar-refractivity contribution in [3.8, 4) is 0 Å². The van der Waals surface area contributed by atoms with E-state index in [1.807, 2.05) is 0 Å². The standard InChI is InChI=1S/C53H96O4/c1-3-5-7-9-11-13-15-17-19-21-23-25-26-27-29-31-33-35-37-39-41-43-45-47-49-56-51-52(50-54)57-53(55)48-46-44-42-40-38-36-34-32-30-28-24-22-20-18-16-14-12-10-8-6-4-2/h5,7,11,13,17,19,23,25,27,29,52,54H,3-4,6,8-10,12,14-16,18,20-22,24,26,28,30-51H2,1-2H3/b7-5-,13-11-,19-17-,25-23-,29-27-. The van der Waals surface area contributed by atoms with E-state index in [1.54, 1.807) is 0 Å². The molecule has 0 radical (unpaired) electrons. The van der Waals surface area contributed by atoms with Crippen LogP contribution in [0.25, 0.3) is 0 Å². The van der Waals surface area contributed by atoms with Gasteiger partial charge in [-0.2, -0.15) is 0 Å². The van der Waals surface area contributed by atoms with Gasteiger partial charge >= 0.3 is 5.97 Å². The summed E-state index contributed by atoms with van der Waals surface area (Å²) in [4.78, 5) is 12.3. The molecule has 332 valence electrons. The molecule has 0 aliphatic rings. The van der Waals surface area contributed by atoms with Crippen LogP contribution >= 0.6 is 0 Å². The first-order valence-corrected chi connectivity index (χ1v) is 24.9. The predicted molar refractivity (Wildman–Crippen MR) is 251 cm³/mol. The topological polar surface area (TPSA) is 55.8 Å². The van der Waals surface area contributed by atoms with Gasteiger partial charge in [0.15, 0.2) is 0 Å². The molecular weight excluding hydrogens is 701 g/mol. The fraction of sp³-hybridized carbons (Fsp3) is 0.792. The number of aliphatic hydroxyl groups is 1. The van der Waals surface area contributed by atoms with Gasteiger partial charge in [0.1, 0.15) is 6.10 Å². The molecule has 0 amide bonds. The molecule has 0 spiro atoms. The maximum atomic E-state index is 12.3. The van der Waals surface area contributed by atoms with E-state index in [0.29, 0.717) is 19.6 Å². The van der Waals surface area contributed by atoms with Crippen LogP contribution in [0.5, 0.6) is 0 Å². The molecule has 0 aliphatic carbocycles. The zero-order valence-electron chi connectivity index (χ0n) is 38.1. The van der Waals surface area contributed by atoms with Gasteiger partial charge in [0.25, 0.3) is 0 Å². The van der Waals surface area contributed by atoms with Gasteiger partial charge in [-0.1, -0.05) is 242 Å². The summed E-state index contributed by atoms with van der Waals surface area (Å²) in [6.07, 6.45) is 67.3. The number of hydrogen-bond donors (Lipinski definition) is 1. The summed E-state index contributed by atoms with van der Waals surface area (Å²) in [6, 6.07) is 0. The number of rotatable bonds is 46. The number of ether oxygens (including phenoxy) is 2. The third-order valence-corrected chi connectivity index (χ3v) is 10.9. The van der Waals surface area contributed by atoms with Crippen molar-refractivity contribution in [1.29, 1.82) is 0 Å². The number of hydrogen-bond acceptors (Lipinski definition) is 4. The molecule has 1 unspecified atom stereocenters. The van der Waals surface area contributed by atoms with E-state index in [-0.39, 0.29) is 12.6 Å². The van der Waals surface area contributed by atoms with Gasteiger partial charge < -0.3 is 14.6 Å². The molecule has 0 aliphatic heterocycles. The molecule has 0 saturated carbocycles. The highest BCUT2D eigenvalue weighted by Gasteiger charge is 2.13. The Morgan fingerprint density at radius 1 is 0.439 bits per heavy atom. The Balaban J connectivity index is 3.43. The first kappa shape index (κ1) is 55.1. The summed E-state index contributed by atoms with van der Waals surface area (Å²) >= 11 is 0. The SMILES string of the molecule is CC/C=C\C/C=C\C/C=C\C/C=C\C/C=C\CCCCCCCCCCOCC(CO)OC(=O)CCCCCCCCCCCCCCCCCCCCCCC. The zero-order valence-corrected chi connectivity index (χ0v) is 38.1. The van der Waals surface area contributed by atoms with E-state index in [9.17, 15) is 9.90 Å². The molecule has 1 atom stereocenters. The maximum absolute atomic E-state index is 12.3. The van der Waals surface area contributed by atoms with Crippen molar-refractivity contribution in [1.82, 2.24) is 0 Å². The summed E-state index contributed by atoms with van der Waals surface area (Å²) in [5, 5.41) is 9.65. The smallest absolute Gasteiger partial charge is 0.306 e. The molecule has 0 aromatic heterocycles. The molecule has 1 N–H and O–H groups in total. The summed E-state index contributed by atoms with van der Waals surface area (Å²) < 4.78 is 11.2. The number of aliphatic hydroxyl groups excluding tert-OH is 1. The minimum atomic E-state index is -0.540. The first-order valence-electron chi connectivity index (χ1n) is 24.9. The van der Waals surface area contributed by atoms with Crippen LogP contribution in [0.2, 0.25) is 0 Å². The van der Waals surface area contributed by atoms with E-state index in [2.05, 4.69) is 74.6 Å². The highest BCUT2D eigenvalue weighted by Crippen LogP contribution is 2.16. The Morgan fingerprint density at radius 2 is 0.789 bits per heavy atom. The van der Waals surface area contributed by atoms with Crippen LogP contribution in [-0.2, 0) is 14.3 Å². The van der Waals surface area contributed by atoms with Crippen LogP contribution in [0.1, 0.15) is 245 Å². The Bertz CT molecular complexity index is 931. The van der Waals surface area contributed by atoms with E-state index in [4.69, 9.17) is 9.47 Å². The molecule has 0 aromatic rings. The second-order valence-electron chi connectivity index (χ2n) is 16.5. The van der Waals surface area contributed by atoms with Crippen molar-refractivity contribution in [2.24, 2.45) is 0 Å². The largest absolute Gasteiger partial charge is 0.457 e. The molecular formula is C53H96O4. The molecule has 0 heterocycles. The highest BCUT2D eigenvalue weighted by atomic mass is 16.6. The lowest BCUT2D eigenvalue weighted by molar-refractivity contribution is -0.154. The Hall–Kier alpha value is -1.91. The van der Waals surface area contributed by atoms with Gasteiger partial charge in [-0.3, -0.25) is 4.79 Å². The first-order chi connectivity index (χ1) is 28.2. The molecule has 0 saturated heterocycles. The molecule has 0 bridgehead atoms. The average molecular weight is 797 g/mol. The summed E-state index contributed by atoms with van der Waals surface area (Å²) in [6.45, 7) is 5.24. The Labute approximate surface area is 355 Å². The van der Waals surface area contributed by atoms with Crippen LogP contribution in [0.15, 0.2) is 60.8 Å². The normalized spacial score (nSPS) is 12.8. The molecule has 0 aromatic carbocycles. The lowest BCUT2D eigenvalue weighted by Crippen LogP contribution is -2.27. The van der Waals surface area contributed by atoms with Crippen molar-refractivity contribution in [3.05, 3.63) is 60.8 Å².